The average Bonchev–Trinajstić information content (AvgIpc) is 2.89. The van der Waals surface area contributed by atoms with Crippen LogP contribution in [0.25, 0.3) is 0 Å². The predicted molar refractivity (Wildman–Crippen MR) is 89.9 cm³/mol. The van der Waals surface area contributed by atoms with Crippen LogP contribution in [0.15, 0.2) is 35.0 Å². The maximum absolute atomic E-state index is 6.37. The Morgan fingerprint density at radius 2 is 2.10 bits per heavy atom. The highest BCUT2D eigenvalue weighted by molar-refractivity contribution is 7.07. The molecule has 0 saturated carbocycles. The number of halogens is 1. The second kappa shape index (κ2) is 7.11. The second-order valence-corrected chi connectivity index (χ2v) is 6.49. The van der Waals surface area contributed by atoms with Crippen molar-refractivity contribution in [2.24, 2.45) is 0 Å². The van der Waals surface area contributed by atoms with Crippen molar-refractivity contribution < 1.29 is 0 Å². The minimum Gasteiger partial charge on any atom is -0.370 e. The van der Waals surface area contributed by atoms with Gasteiger partial charge < -0.3 is 10.2 Å². The van der Waals surface area contributed by atoms with Gasteiger partial charge in [-0.1, -0.05) is 31.5 Å². The fraction of sp³-hybridized carbons (Fsp3) is 0.375. The largest absolute Gasteiger partial charge is 0.370 e. The van der Waals surface area contributed by atoms with Gasteiger partial charge in [-0.15, -0.1) is 0 Å². The lowest BCUT2D eigenvalue weighted by Crippen LogP contribution is -2.22. The number of hydrogen-bond acceptors (Lipinski definition) is 3. The Labute approximate surface area is 130 Å². The van der Waals surface area contributed by atoms with Crippen molar-refractivity contribution in [1.29, 1.82) is 0 Å². The molecule has 0 spiro atoms. The van der Waals surface area contributed by atoms with E-state index in [0.29, 0.717) is 6.04 Å². The Hall–Kier alpha value is -1.03. The molecule has 0 radical (unpaired) electrons. The van der Waals surface area contributed by atoms with E-state index in [1.165, 1.54) is 5.56 Å². The first-order chi connectivity index (χ1) is 9.56. The predicted octanol–water partition coefficient (Wildman–Crippen LogP) is 4.54. The molecule has 1 heterocycles. The molecular formula is C16H21ClN2S. The van der Waals surface area contributed by atoms with Gasteiger partial charge in [0.2, 0.25) is 0 Å². The molecule has 0 aliphatic rings. The molecule has 0 aliphatic carbocycles. The number of nitrogens with zero attached hydrogens (tertiary/aromatic N) is 1. The first kappa shape index (κ1) is 15.4. The fourth-order valence-corrected chi connectivity index (χ4v) is 2.88. The topological polar surface area (TPSA) is 15.3 Å². The minimum atomic E-state index is 0.465. The maximum atomic E-state index is 6.37. The van der Waals surface area contributed by atoms with E-state index in [-0.39, 0.29) is 0 Å². The number of nitrogens with one attached hydrogen (secondary N) is 1. The van der Waals surface area contributed by atoms with Crippen LogP contribution >= 0.6 is 22.9 Å². The summed E-state index contributed by atoms with van der Waals surface area (Å²) in [7, 11) is 2.09. The molecule has 1 N–H and O–H groups in total. The molecule has 0 amide bonds. The van der Waals surface area contributed by atoms with Crippen molar-refractivity contribution in [3.63, 3.8) is 0 Å². The molecule has 2 rings (SSSR count). The minimum absolute atomic E-state index is 0.465. The number of rotatable bonds is 6. The normalized spacial score (nSPS) is 11.1. The molecule has 0 unspecified atom stereocenters. The zero-order valence-corrected chi connectivity index (χ0v) is 13.8. The van der Waals surface area contributed by atoms with Crippen LogP contribution in [0.2, 0.25) is 5.02 Å². The second-order valence-electron chi connectivity index (χ2n) is 5.30. The maximum Gasteiger partial charge on any atom is 0.0471 e. The number of hydrogen-bond donors (Lipinski definition) is 1. The van der Waals surface area contributed by atoms with E-state index in [1.807, 2.05) is 6.07 Å². The molecule has 0 fully saturated rings. The highest BCUT2D eigenvalue weighted by Crippen LogP contribution is 2.24. The van der Waals surface area contributed by atoms with Gasteiger partial charge in [0.15, 0.2) is 0 Å². The van der Waals surface area contributed by atoms with E-state index >= 15 is 0 Å². The van der Waals surface area contributed by atoms with Crippen LogP contribution in [0.3, 0.4) is 0 Å². The molecule has 2 aromatic rings. The van der Waals surface area contributed by atoms with Crippen LogP contribution in [0.5, 0.6) is 0 Å². The molecule has 108 valence electrons. The summed E-state index contributed by atoms with van der Waals surface area (Å²) in [5.74, 6) is 0. The number of benzene rings is 1. The smallest absolute Gasteiger partial charge is 0.0471 e. The Balaban J connectivity index is 2.04. The highest BCUT2D eigenvalue weighted by atomic mass is 35.5. The number of thiophene rings is 1. The van der Waals surface area contributed by atoms with Gasteiger partial charge in [-0.3, -0.25) is 0 Å². The van der Waals surface area contributed by atoms with Gasteiger partial charge in [-0.25, -0.2) is 0 Å². The SMILES string of the molecule is CC(C)NCc1ccc(N(C)Cc2ccsc2)cc1Cl. The Morgan fingerprint density at radius 3 is 2.70 bits per heavy atom. The van der Waals surface area contributed by atoms with E-state index in [0.717, 1.165) is 29.4 Å². The molecule has 0 aliphatic heterocycles. The summed E-state index contributed by atoms with van der Waals surface area (Å²) < 4.78 is 0. The van der Waals surface area contributed by atoms with Gasteiger partial charge in [0.25, 0.3) is 0 Å². The van der Waals surface area contributed by atoms with Gasteiger partial charge in [0.1, 0.15) is 0 Å². The number of anilines is 1. The van der Waals surface area contributed by atoms with E-state index in [1.54, 1.807) is 11.3 Å². The fourth-order valence-electron chi connectivity index (χ4n) is 1.98. The van der Waals surface area contributed by atoms with Gasteiger partial charge in [0, 0.05) is 36.9 Å². The van der Waals surface area contributed by atoms with Gasteiger partial charge in [-0.2, -0.15) is 11.3 Å². The summed E-state index contributed by atoms with van der Waals surface area (Å²) in [5, 5.41) is 8.51. The van der Waals surface area contributed by atoms with Crippen LogP contribution < -0.4 is 10.2 Å². The van der Waals surface area contributed by atoms with Crippen molar-refractivity contribution in [3.8, 4) is 0 Å². The molecule has 0 bridgehead atoms. The van der Waals surface area contributed by atoms with Crippen LogP contribution in [0, 0.1) is 0 Å². The van der Waals surface area contributed by atoms with Crippen LogP contribution in [-0.2, 0) is 13.1 Å². The first-order valence-electron chi connectivity index (χ1n) is 6.80. The molecule has 0 saturated heterocycles. The van der Waals surface area contributed by atoms with Crippen molar-refractivity contribution >= 4 is 28.6 Å². The van der Waals surface area contributed by atoms with Gasteiger partial charge in [-0.05, 0) is 40.1 Å². The van der Waals surface area contributed by atoms with Crippen molar-refractivity contribution in [1.82, 2.24) is 5.32 Å². The third kappa shape index (κ3) is 4.23. The molecule has 0 atom stereocenters. The van der Waals surface area contributed by atoms with Crippen molar-refractivity contribution in [2.45, 2.75) is 33.0 Å². The summed E-state index contributed by atoms with van der Waals surface area (Å²) in [4.78, 5) is 2.22. The standard InChI is InChI=1S/C16H21ClN2S/c1-12(2)18-9-14-4-5-15(8-16(14)17)19(3)10-13-6-7-20-11-13/h4-8,11-12,18H,9-10H2,1-3H3. The van der Waals surface area contributed by atoms with E-state index < -0.39 is 0 Å². The zero-order valence-electron chi connectivity index (χ0n) is 12.2. The van der Waals surface area contributed by atoms with E-state index in [9.17, 15) is 0 Å². The van der Waals surface area contributed by atoms with Gasteiger partial charge >= 0.3 is 0 Å². The van der Waals surface area contributed by atoms with E-state index in [2.05, 4.69) is 60.1 Å². The quantitative estimate of drug-likeness (QED) is 0.843. The third-order valence-corrected chi connectivity index (χ3v) is 4.26. The summed E-state index contributed by atoms with van der Waals surface area (Å²) >= 11 is 8.10. The lowest BCUT2D eigenvalue weighted by molar-refractivity contribution is 0.589. The Kier molecular flexibility index (Phi) is 5.46. The lowest BCUT2D eigenvalue weighted by atomic mass is 10.1. The summed E-state index contributed by atoms with van der Waals surface area (Å²) in [5.41, 5.74) is 3.63. The molecular weight excluding hydrogens is 288 g/mol. The van der Waals surface area contributed by atoms with Crippen LogP contribution in [0.4, 0.5) is 5.69 Å². The monoisotopic (exact) mass is 308 g/mol. The molecule has 1 aromatic heterocycles. The summed E-state index contributed by atoms with van der Waals surface area (Å²) in [6.07, 6.45) is 0. The Morgan fingerprint density at radius 1 is 1.30 bits per heavy atom. The molecule has 4 heteroatoms. The van der Waals surface area contributed by atoms with Crippen LogP contribution in [-0.4, -0.2) is 13.1 Å². The molecule has 20 heavy (non-hydrogen) atoms. The molecule has 1 aromatic carbocycles. The molecule has 2 nitrogen and oxygen atoms in total. The lowest BCUT2D eigenvalue weighted by Gasteiger charge is -2.20. The first-order valence-corrected chi connectivity index (χ1v) is 8.12. The highest BCUT2D eigenvalue weighted by Gasteiger charge is 2.07. The van der Waals surface area contributed by atoms with Gasteiger partial charge in [0.05, 0.1) is 0 Å². The summed E-state index contributed by atoms with van der Waals surface area (Å²) in [6, 6.07) is 8.91. The summed E-state index contributed by atoms with van der Waals surface area (Å²) in [6.45, 7) is 5.99. The van der Waals surface area contributed by atoms with Crippen LogP contribution in [0.1, 0.15) is 25.0 Å². The zero-order chi connectivity index (χ0) is 14.5. The average molecular weight is 309 g/mol. The van der Waals surface area contributed by atoms with E-state index in [4.69, 9.17) is 11.6 Å². The van der Waals surface area contributed by atoms with Crippen molar-refractivity contribution in [2.75, 3.05) is 11.9 Å². The Bertz CT molecular complexity index is 537. The van der Waals surface area contributed by atoms with Crippen molar-refractivity contribution in [3.05, 3.63) is 51.2 Å². The third-order valence-electron chi connectivity index (χ3n) is 3.18.